The molecule has 0 aromatic carbocycles. The van der Waals surface area contributed by atoms with Crippen molar-refractivity contribution in [3.05, 3.63) is 0 Å². The van der Waals surface area contributed by atoms with Gasteiger partial charge in [-0.05, 0) is 49.4 Å². The number of hydrogen-bond acceptors (Lipinski definition) is 15. The molecule has 0 heterocycles. The van der Waals surface area contributed by atoms with Gasteiger partial charge in [0.2, 0.25) is 0 Å². The maximum absolute atomic E-state index is 13.0. The van der Waals surface area contributed by atoms with Crippen LogP contribution >= 0.6 is 15.6 Å². The van der Waals surface area contributed by atoms with Crippen molar-refractivity contribution in [3.63, 3.8) is 0 Å². The Morgan fingerprint density at radius 3 is 0.780 bits per heavy atom. The number of phosphoric acid groups is 2. The summed E-state index contributed by atoms with van der Waals surface area (Å²) in [6, 6.07) is 0. The van der Waals surface area contributed by atoms with Crippen LogP contribution in [-0.4, -0.2) is 96.7 Å². The highest BCUT2D eigenvalue weighted by molar-refractivity contribution is 7.47. The molecule has 0 amide bonds. The van der Waals surface area contributed by atoms with E-state index in [9.17, 15) is 43.2 Å². The molecule has 17 nitrogen and oxygen atoms in total. The first-order valence-electron chi connectivity index (χ1n) is 37.2. The third-order valence-electron chi connectivity index (χ3n) is 16.9. The smallest absolute Gasteiger partial charge is 0.462 e. The first kappa shape index (κ1) is 89.1. The van der Waals surface area contributed by atoms with Gasteiger partial charge in [-0.3, -0.25) is 37.3 Å². The summed E-state index contributed by atoms with van der Waals surface area (Å²) in [5, 5.41) is 10.6. The van der Waals surface area contributed by atoms with Crippen LogP contribution < -0.4 is 0 Å². The molecule has 19 heteroatoms. The first-order chi connectivity index (χ1) is 43.6. The van der Waals surface area contributed by atoms with Crippen LogP contribution in [-0.2, 0) is 65.4 Å². The van der Waals surface area contributed by atoms with Crippen LogP contribution in [0.3, 0.4) is 0 Å². The zero-order chi connectivity index (χ0) is 67.5. The van der Waals surface area contributed by atoms with Gasteiger partial charge in [0, 0.05) is 25.7 Å². The van der Waals surface area contributed by atoms with Crippen LogP contribution in [0.15, 0.2) is 0 Å². The van der Waals surface area contributed by atoms with Gasteiger partial charge >= 0.3 is 39.5 Å². The Bertz CT molecular complexity index is 1800. The van der Waals surface area contributed by atoms with Crippen molar-refractivity contribution < 1.29 is 80.2 Å². The minimum Gasteiger partial charge on any atom is -0.462 e. The van der Waals surface area contributed by atoms with E-state index in [0.29, 0.717) is 31.6 Å². The topological polar surface area (TPSA) is 237 Å². The Morgan fingerprint density at radius 2 is 0.527 bits per heavy atom. The molecule has 6 atom stereocenters. The first-order valence-corrected chi connectivity index (χ1v) is 40.2. The number of ether oxygens (including phenoxy) is 4. The van der Waals surface area contributed by atoms with E-state index >= 15 is 0 Å². The van der Waals surface area contributed by atoms with Crippen molar-refractivity contribution in [3.8, 4) is 0 Å². The van der Waals surface area contributed by atoms with E-state index in [1.165, 1.54) is 161 Å². The molecule has 4 unspecified atom stereocenters. The van der Waals surface area contributed by atoms with Gasteiger partial charge in [0.05, 0.1) is 26.4 Å². The predicted molar refractivity (Wildman–Crippen MR) is 367 cm³/mol. The van der Waals surface area contributed by atoms with Gasteiger partial charge < -0.3 is 33.8 Å². The fourth-order valence-electron chi connectivity index (χ4n) is 10.8. The lowest BCUT2D eigenvalue weighted by molar-refractivity contribution is -0.161. The minimum atomic E-state index is -4.95. The molecule has 0 spiro atoms. The number of phosphoric ester groups is 2. The van der Waals surface area contributed by atoms with Crippen LogP contribution in [0.4, 0.5) is 0 Å². The lowest BCUT2D eigenvalue weighted by Gasteiger charge is -2.21. The molecule has 0 saturated heterocycles. The van der Waals surface area contributed by atoms with E-state index in [1.807, 2.05) is 0 Å². The minimum absolute atomic E-state index is 0.102. The third-order valence-corrected chi connectivity index (χ3v) is 18.8. The monoisotopic (exact) mass is 1340 g/mol. The standard InChI is InChI=1S/C72H140O17P2/c1-9-65(8)51-43-35-27-20-22-30-38-46-54-71(76)88-67(58-82-69(74)52-44-36-28-18-16-14-12-10-11-13-15-17-24-32-40-48-62(2)3)60-86-90(78,79)84-56-66(73)57-85-91(80,81)87-61-68(89-72(77)55-47-39-31-23-26-34-42-50-64(6)7)59-83-70(75)53-45-37-29-21-19-25-33-41-49-63(4)5/h62-68,73H,9-61H2,1-8H3,(H,78,79)(H,80,81)/t65?,66?,67-,68-/m1/s1. The van der Waals surface area contributed by atoms with E-state index in [2.05, 4.69) is 55.4 Å². The van der Waals surface area contributed by atoms with Crippen molar-refractivity contribution in [2.24, 2.45) is 23.7 Å². The molecule has 0 saturated carbocycles. The summed E-state index contributed by atoms with van der Waals surface area (Å²) in [6.45, 7) is 14.1. The average Bonchev–Trinajstić information content (AvgIpc) is 3.51. The van der Waals surface area contributed by atoms with Crippen LogP contribution in [0, 0.1) is 23.7 Å². The van der Waals surface area contributed by atoms with Crippen molar-refractivity contribution in [1.82, 2.24) is 0 Å². The normalized spacial score (nSPS) is 14.5. The second kappa shape index (κ2) is 61.6. The zero-order valence-corrected chi connectivity index (χ0v) is 61.3. The highest BCUT2D eigenvalue weighted by atomic mass is 31.2. The van der Waals surface area contributed by atoms with Crippen molar-refractivity contribution >= 4 is 39.5 Å². The van der Waals surface area contributed by atoms with Gasteiger partial charge in [-0.1, -0.05) is 306 Å². The average molecular weight is 1340 g/mol. The summed E-state index contributed by atoms with van der Waals surface area (Å²) in [5.74, 6) is 0.867. The Kier molecular flexibility index (Phi) is 60.3. The van der Waals surface area contributed by atoms with E-state index in [1.54, 1.807) is 0 Å². The Morgan fingerprint density at radius 1 is 0.308 bits per heavy atom. The molecule has 0 radical (unpaired) electrons. The third kappa shape index (κ3) is 65.1. The van der Waals surface area contributed by atoms with Crippen molar-refractivity contribution in [1.29, 1.82) is 0 Å². The number of carbonyl (C=O) groups is 4. The summed E-state index contributed by atoms with van der Waals surface area (Å²) in [4.78, 5) is 72.6. The molecule has 3 N–H and O–H groups in total. The van der Waals surface area contributed by atoms with Gasteiger partial charge in [-0.15, -0.1) is 0 Å². The van der Waals surface area contributed by atoms with Crippen LogP contribution in [0.5, 0.6) is 0 Å². The molecule has 0 aliphatic rings. The maximum Gasteiger partial charge on any atom is 0.472 e. The van der Waals surface area contributed by atoms with Crippen molar-refractivity contribution in [2.45, 2.75) is 375 Å². The number of aliphatic hydroxyl groups excluding tert-OH is 1. The second-order valence-electron chi connectivity index (χ2n) is 27.6. The molecular formula is C72H140O17P2. The largest absolute Gasteiger partial charge is 0.472 e. The molecule has 0 aliphatic carbocycles. The van der Waals surface area contributed by atoms with Gasteiger partial charge in [-0.25, -0.2) is 9.13 Å². The van der Waals surface area contributed by atoms with E-state index < -0.39 is 97.5 Å². The summed E-state index contributed by atoms with van der Waals surface area (Å²) < 4.78 is 68.3. The summed E-state index contributed by atoms with van der Waals surface area (Å²) in [7, 11) is -9.90. The van der Waals surface area contributed by atoms with Gasteiger partial charge in [0.15, 0.2) is 12.2 Å². The van der Waals surface area contributed by atoms with Crippen molar-refractivity contribution in [2.75, 3.05) is 39.6 Å². The molecule has 0 fully saturated rings. The van der Waals surface area contributed by atoms with Gasteiger partial charge in [0.1, 0.15) is 19.3 Å². The number of esters is 4. The fourth-order valence-corrected chi connectivity index (χ4v) is 12.4. The fraction of sp³-hybridized carbons (Fsp3) is 0.944. The molecule has 91 heavy (non-hydrogen) atoms. The molecule has 540 valence electrons. The van der Waals surface area contributed by atoms with Crippen LogP contribution in [0.1, 0.15) is 357 Å². The molecule has 0 bridgehead atoms. The highest BCUT2D eigenvalue weighted by Gasteiger charge is 2.30. The maximum atomic E-state index is 13.0. The van der Waals surface area contributed by atoms with E-state index in [-0.39, 0.29) is 25.7 Å². The number of rotatable bonds is 69. The quantitative estimate of drug-likeness (QED) is 0.0222. The lowest BCUT2D eigenvalue weighted by Crippen LogP contribution is -2.30. The SMILES string of the molecule is CCC(C)CCCCCCCCCCC(=O)O[C@H](COC(=O)CCCCCCCCCCCCCCCCCC(C)C)COP(=O)(O)OCC(O)COP(=O)(O)OC[C@@H](COC(=O)CCCCCCCCCCC(C)C)OC(=O)CCCCCCCCCC(C)C. The molecule has 0 aromatic rings. The van der Waals surface area contributed by atoms with Gasteiger partial charge in [-0.2, -0.15) is 0 Å². The number of aliphatic hydroxyl groups is 1. The van der Waals surface area contributed by atoms with Crippen LogP contribution in [0.25, 0.3) is 0 Å². The lowest BCUT2D eigenvalue weighted by atomic mass is 9.99. The summed E-state index contributed by atoms with van der Waals surface area (Å²) >= 11 is 0. The number of carbonyl (C=O) groups excluding carboxylic acids is 4. The van der Waals surface area contributed by atoms with Crippen LogP contribution in [0.2, 0.25) is 0 Å². The predicted octanol–water partition coefficient (Wildman–Crippen LogP) is 20.5. The summed E-state index contributed by atoms with van der Waals surface area (Å²) in [6.07, 6.45) is 44.6. The molecule has 0 aliphatic heterocycles. The molecular weight excluding hydrogens is 1200 g/mol. The molecule has 0 rings (SSSR count). The van der Waals surface area contributed by atoms with Gasteiger partial charge in [0.25, 0.3) is 0 Å². The Labute approximate surface area is 556 Å². The number of hydrogen-bond donors (Lipinski definition) is 3. The van der Waals surface area contributed by atoms with E-state index in [0.717, 1.165) is 108 Å². The Balaban J connectivity index is 5.21. The summed E-state index contributed by atoms with van der Waals surface area (Å²) in [5.41, 5.74) is 0. The Hall–Kier alpha value is -1.94. The number of unbranched alkanes of at least 4 members (excludes halogenated alkanes) is 34. The van der Waals surface area contributed by atoms with E-state index in [4.69, 9.17) is 37.0 Å². The second-order valence-corrected chi connectivity index (χ2v) is 30.6. The highest BCUT2D eigenvalue weighted by Crippen LogP contribution is 2.45. The molecule has 0 aromatic heterocycles. The zero-order valence-electron chi connectivity index (χ0n) is 59.5.